The summed E-state index contributed by atoms with van der Waals surface area (Å²) >= 11 is 0. The summed E-state index contributed by atoms with van der Waals surface area (Å²) in [5, 5.41) is 9.55. The molecule has 1 aliphatic rings. The largest absolute Gasteiger partial charge is 0.468 e. The number of nitrogens with zero attached hydrogens (tertiary/aromatic N) is 2. The molecule has 1 saturated heterocycles. The Morgan fingerprint density at radius 3 is 2.44 bits per heavy atom. The first-order chi connectivity index (χ1) is 12.4. The lowest BCUT2D eigenvalue weighted by molar-refractivity contribution is -0.128. The first-order valence-corrected chi connectivity index (χ1v) is 9.42. The minimum atomic E-state index is -0.369. The second-order valence-corrected chi connectivity index (χ2v) is 7.66. The molecule has 1 fully saturated rings. The van der Waals surface area contributed by atoms with Crippen LogP contribution < -0.4 is 16.0 Å². The summed E-state index contributed by atoms with van der Waals surface area (Å²) < 4.78 is 5.64. The van der Waals surface area contributed by atoms with E-state index in [0.717, 1.165) is 31.4 Å². The van der Waals surface area contributed by atoms with Gasteiger partial charge in [0.1, 0.15) is 5.76 Å². The van der Waals surface area contributed by atoms with Crippen molar-refractivity contribution >= 4 is 35.8 Å². The average molecular weight is 491 g/mol. The minimum absolute atomic E-state index is 0. The monoisotopic (exact) mass is 491 g/mol. The van der Waals surface area contributed by atoms with Gasteiger partial charge in [-0.05, 0) is 38.1 Å². The van der Waals surface area contributed by atoms with Crippen molar-refractivity contribution in [1.29, 1.82) is 0 Å². The van der Waals surface area contributed by atoms with E-state index in [2.05, 4.69) is 25.8 Å². The summed E-state index contributed by atoms with van der Waals surface area (Å²) in [6.07, 6.45) is 4.19. The Labute approximate surface area is 179 Å². The van der Waals surface area contributed by atoms with Gasteiger partial charge < -0.3 is 20.4 Å². The highest BCUT2D eigenvalue weighted by Crippen LogP contribution is 2.24. The minimum Gasteiger partial charge on any atom is -0.468 e. The highest BCUT2D eigenvalue weighted by molar-refractivity contribution is 14.0. The number of rotatable bonds is 7. The van der Waals surface area contributed by atoms with Gasteiger partial charge in [0.15, 0.2) is 5.96 Å². The molecule has 154 valence electrons. The molecule has 7 nitrogen and oxygen atoms in total. The van der Waals surface area contributed by atoms with Gasteiger partial charge in [-0.25, -0.2) is 0 Å². The zero-order chi connectivity index (χ0) is 19.0. The van der Waals surface area contributed by atoms with Crippen LogP contribution in [0.4, 0.5) is 0 Å². The normalized spacial score (nSPS) is 16.5. The Balaban J connectivity index is 0.00000364. The molecule has 0 aliphatic carbocycles. The number of guanidine groups is 1. The second kappa shape index (κ2) is 11.5. The van der Waals surface area contributed by atoms with E-state index in [9.17, 15) is 4.79 Å². The van der Waals surface area contributed by atoms with Gasteiger partial charge in [0.25, 0.3) is 0 Å². The maximum absolute atomic E-state index is 11.9. The maximum Gasteiger partial charge on any atom is 0.225 e. The van der Waals surface area contributed by atoms with Gasteiger partial charge in [0.2, 0.25) is 5.91 Å². The van der Waals surface area contributed by atoms with Crippen LogP contribution in [0.3, 0.4) is 0 Å². The summed E-state index contributed by atoms with van der Waals surface area (Å²) in [5.41, 5.74) is -0.369. The molecule has 2 heterocycles. The molecule has 0 radical (unpaired) electrons. The molecule has 0 saturated carbocycles. The Hall–Kier alpha value is -1.29. The van der Waals surface area contributed by atoms with E-state index in [4.69, 9.17) is 4.42 Å². The van der Waals surface area contributed by atoms with Crippen molar-refractivity contribution in [2.75, 3.05) is 39.8 Å². The van der Waals surface area contributed by atoms with Gasteiger partial charge in [-0.1, -0.05) is 20.8 Å². The van der Waals surface area contributed by atoms with Crippen LogP contribution in [-0.4, -0.2) is 56.5 Å². The van der Waals surface area contributed by atoms with Crippen molar-refractivity contribution in [2.45, 2.75) is 39.7 Å². The molecule has 0 bridgehead atoms. The summed E-state index contributed by atoms with van der Waals surface area (Å²) in [7, 11) is 1.75. The Morgan fingerprint density at radius 2 is 1.89 bits per heavy atom. The Morgan fingerprint density at radius 1 is 1.22 bits per heavy atom. The van der Waals surface area contributed by atoms with Crippen LogP contribution in [0.5, 0.6) is 0 Å². The van der Waals surface area contributed by atoms with E-state index in [-0.39, 0.29) is 41.3 Å². The number of hydrogen-bond donors (Lipinski definition) is 3. The molecule has 27 heavy (non-hydrogen) atoms. The Kier molecular flexibility index (Phi) is 10.1. The van der Waals surface area contributed by atoms with Gasteiger partial charge in [-0.2, -0.15) is 0 Å². The van der Waals surface area contributed by atoms with Gasteiger partial charge in [-0.15, -0.1) is 24.0 Å². The number of nitrogens with one attached hydrogen (secondary N) is 3. The predicted molar refractivity (Wildman–Crippen MR) is 120 cm³/mol. The van der Waals surface area contributed by atoms with Crippen LogP contribution in [0, 0.1) is 5.41 Å². The van der Waals surface area contributed by atoms with Crippen molar-refractivity contribution < 1.29 is 9.21 Å². The van der Waals surface area contributed by atoms with Crippen LogP contribution in [0.1, 0.15) is 45.4 Å². The van der Waals surface area contributed by atoms with E-state index in [1.165, 1.54) is 12.8 Å². The quantitative estimate of drug-likeness (QED) is 0.236. The highest BCUT2D eigenvalue weighted by Gasteiger charge is 2.25. The number of furan rings is 1. The topological polar surface area (TPSA) is 81.9 Å². The molecule has 1 unspecified atom stereocenters. The summed E-state index contributed by atoms with van der Waals surface area (Å²) in [5.74, 6) is 1.76. The molecule has 1 atom stereocenters. The van der Waals surface area contributed by atoms with E-state index in [0.29, 0.717) is 13.1 Å². The molecule has 1 amide bonds. The highest BCUT2D eigenvalue weighted by atomic mass is 127. The number of carbonyl (C=O) groups excluding carboxylic acids is 1. The predicted octanol–water partition coefficient (Wildman–Crippen LogP) is 2.36. The first kappa shape index (κ1) is 23.7. The fourth-order valence-electron chi connectivity index (χ4n) is 2.98. The van der Waals surface area contributed by atoms with Gasteiger partial charge in [0, 0.05) is 32.1 Å². The molecule has 2 rings (SSSR count). The van der Waals surface area contributed by atoms with E-state index < -0.39 is 0 Å². The number of likely N-dealkylation sites (tertiary alicyclic amines) is 1. The lowest BCUT2D eigenvalue weighted by atomic mass is 9.96. The molecule has 0 aromatic carbocycles. The van der Waals surface area contributed by atoms with Gasteiger partial charge >= 0.3 is 0 Å². The zero-order valence-corrected chi connectivity index (χ0v) is 19.2. The van der Waals surface area contributed by atoms with Crippen molar-refractivity contribution in [3.8, 4) is 0 Å². The van der Waals surface area contributed by atoms with Crippen LogP contribution in [0.2, 0.25) is 0 Å². The number of amides is 1. The van der Waals surface area contributed by atoms with Crippen LogP contribution in [0.25, 0.3) is 0 Å². The Bertz CT molecular complexity index is 577. The lowest BCUT2D eigenvalue weighted by Gasteiger charge is -2.26. The van der Waals surface area contributed by atoms with E-state index in [1.54, 1.807) is 13.3 Å². The van der Waals surface area contributed by atoms with Crippen molar-refractivity contribution in [3.05, 3.63) is 24.2 Å². The van der Waals surface area contributed by atoms with Crippen molar-refractivity contribution in [2.24, 2.45) is 10.4 Å². The molecule has 0 spiro atoms. The SMILES string of the molecule is CN=C(NCCNC(=O)C(C)(C)C)NCC(c1ccco1)N1CCCC1.I. The third-order valence-electron chi connectivity index (χ3n) is 4.52. The third kappa shape index (κ3) is 7.69. The van der Waals surface area contributed by atoms with Gasteiger partial charge in [-0.3, -0.25) is 14.7 Å². The molecular formula is C19H34IN5O2. The molecule has 8 heteroatoms. The molecule has 1 aromatic heterocycles. The molecule has 3 N–H and O–H groups in total. The number of carbonyl (C=O) groups is 1. The van der Waals surface area contributed by atoms with Crippen molar-refractivity contribution in [3.63, 3.8) is 0 Å². The number of halogens is 1. The van der Waals surface area contributed by atoms with E-state index >= 15 is 0 Å². The third-order valence-corrected chi connectivity index (χ3v) is 4.52. The zero-order valence-electron chi connectivity index (χ0n) is 16.9. The fraction of sp³-hybridized carbons (Fsp3) is 0.684. The van der Waals surface area contributed by atoms with Crippen LogP contribution >= 0.6 is 24.0 Å². The number of hydrogen-bond acceptors (Lipinski definition) is 4. The summed E-state index contributed by atoms with van der Waals surface area (Å²) in [4.78, 5) is 18.6. The van der Waals surface area contributed by atoms with E-state index in [1.807, 2.05) is 32.9 Å². The first-order valence-electron chi connectivity index (χ1n) is 9.42. The summed E-state index contributed by atoms with van der Waals surface area (Å²) in [6.45, 7) is 9.81. The van der Waals surface area contributed by atoms with Crippen molar-refractivity contribution in [1.82, 2.24) is 20.9 Å². The molecular weight excluding hydrogens is 457 g/mol. The molecule has 1 aliphatic heterocycles. The van der Waals surface area contributed by atoms with Crippen LogP contribution in [-0.2, 0) is 4.79 Å². The lowest BCUT2D eigenvalue weighted by Crippen LogP contribution is -2.45. The summed E-state index contributed by atoms with van der Waals surface area (Å²) in [6, 6.07) is 4.17. The van der Waals surface area contributed by atoms with Crippen LogP contribution in [0.15, 0.2) is 27.8 Å². The average Bonchev–Trinajstić information content (AvgIpc) is 3.29. The maximum atomic E-state index is 11.9. The fourth-order valence-corrected chi connectivity index (χ4v) is 2.98. The standard InChI is InChI=1S/C19H33N5O2.HI/c1-19(2,3)17(25)21-9-10-22-18(20-4)23-14-15(16-8-7-13-26-16)24-11-5-6-12-24;/h7-8,13,15H,5-6,9-12,14H2,1-4H3,(H,21,25)(H2,20,22,23);1H. The number of aliphatic imine (C=N–C) groups is 1. The molecule has 1 aromatic rings. The smallest absolute Gasteiger partial charge is 0.225 e. The second-order valence-electron chi connectivity index (χ2n) is 7.66. The van der Waals surface area contributed by atoms with Gasteiger partial charge in [0.05, 0.1) is 12.3 Å².